The molecule has 1 amide bonds. The summed E-state index contributed by atoms with van der Waals surface area (Å²) in [5.41, 5.74) is 2.95. The molecule has 0 saturated heterocycles. The molecule has 0 aliphatic heterocycles. The van der Waals surface area contributed by atoms with Crippen LogP contribution in [0.1, 0.15) is 27.2 Å². The molecule has 4 aromatic rings. The van der Waals surface area contributed by atoms with Crippen molar-refractivity contribution in [2.45, 2.75) is 38.6 Å². The maximum absolute atomic E-state index is 13.2. The molecule has 0 atom stereocenters. The van der Waals surface area contributed by atoms with Crippen molar-refractivity contribution in [3.63, 3.8) is 0 Å². The van der Waals surface area contributed by atoms with Crippen LogP contribution in [0.5, 0.6) is 5.75 Å². The molecule has 3 aromatic carbocycles. The third-order valence-corrected chi connectivity index (χ3v) is 6.88. The Morgan fingerprint density at radius 1 is 0.939 bits per heavy atom. The van der Waals surface area contributed by atoms with Crippen molar-refractivity contribution in [3.05, 3.63) is 60.7 Å². The molecule has 0 radical (unpaired) electrons. The number of anilines is 2. The molecule has 7 nitrogen and oxygen atoms in total. The summed E-state index contributed by atoms with van der Waals surface area (Å²) < 4.78 is 36.8. The van der Waals surface area contributed by atoms with Crippen molar-refractivity contribution < 1.29 is 17.9 Å². The number of benzene rings is 3. The number of hydrogen-bond acceptors (Lipinski definition) is 4. The van der Waals surface area contributed by atoms with Crippen LogP contribution in [0.2, 0.25) is 0 Å². The van der Waals surface area contributed by atoms with Crippen molar-refractivity contribution in [1.82, 2.24) is 4.57 Å². The summed E-state index contributed by atoms with van der Waals surface area (Å²) in [7, 11) is -3.89. The lowest BCUT2D eigenvalue weighted by Crippen LogP contribution is -2.15. The predicted octanol–water partition coefficient (Wildman–Crippen LogP) is 5.36. The van der Waals surface area contributed by atoms with Crippen LogP contribution in [-0.2, 0) is 21.4 Å². The van der Waals surface area contributed by atoms with Gasteiger partial charge in [0.25, 0.3) is 10.0 Å². The number of aryl methyl sites for hydroxylation is 1. The van der Waals surface area contributed by atoms with Gasteiger partial charge in [-0.05, 0) is 56.3 Å². The van der Waals surface area contributed by atoms with E-state index in [4.69, 9.17) is 4.74 Å². The van der Waals surface area contributed by atoms with Crippen molar-refractivity contribution in [2.75, 3.05) is 16.6 Å². The molecule has 0 saturated carbocycles. The first-order valence-electron chi connectivity index (χ1n) is 11.0. The number of fused-ring (bicyclic) bond motifs is 3. The Labute approximate surface area is 193 Å². The Balaban J connectivity index is 1.72. The topological polar surface area (TPSA) is 89.4 Å². The smallest absolute Gasteiger partial charge is 0.261 e. The largest absolute Gasteiger partial charge is 0.492 e. The Morgan fingerprint density at radius 2 is 1.70 bits per heavy atom. The van der Waals surface area contributed by atoms with Crippen LogP contribution in [0.25, 0.3) is 21.8 Å². The van der Waals surface area contributed by atoms with Gasteiger partial charge < -0.3 is 14.6 Å². The normalized spacial score (nSPS) is 11.6. The number of carbonyl (C=O) groups is 1. The molecule has 2 N–H and O–H groups in total. The van der Waals surface area contributed by atoms with Gasteiger partial charge in [0.1, 0.15) is 5.75 Å². The van der Waals surface area contributed by atoms with Gasteiger partial charge in [-0.1, -0.05) is 25.1 Å². The number of ether oxygens (including phenoxy) is 1. The first kappa shape index (κ1) is 22.7. The second-order valence-corrected chi connectivity index (χ2v) is 9.27. The van der Waals surface area contributed by atoms with Gasteiger partial charge in [-0.25, -0.2) is 8.42 Å². The average molecular weight is 466 g/mol. The number of sulfonamides is 1. The second-order valence-electron chi connectivity index (χ2n) is 7.59. The number of nitrogens with zero attached hydrogens (tertiary/aromatic N) is 1. The summed E-state index contributed by atoms with van der Waals surface area (Å²) in [6.07, 6.45) is 0.270. The zero-order valence-corrected chi connectivity index (χ0v) is 19.7. The van der Waals surface area contributed by atoms with Crippen LogP contribution in [-0.4, -0.2) is 25.5 Å². The van der Waals surface area contributed by atoms with Crippen molar-refractivity contribution >= 4 is 49.1 Å². The van der Waals surface area contributed by atoms with Crippen LogP contribution in [0.4, 0.5) is 11.4 Å². The fourth-order valence-corrected chi connectivity index (χ4v) is 5.04. The summed E-state index contributed by atoms with van der Waals surface area (Å²) in [6.45, 7) is 6.84. The molecular weight excluding hydrogens is 438 g/mol. The third-order valence-electron chi connectivity index (χ3n) is 5.50. The minimum Gasteiger partial charge on any atom is -0.492 e. The lowest BCUT2D eigenvalue weighted by Gasteiger charge is -2.14. The summed E-state index contributed by atoms with van der Waals surface area (Å²) in [6, 6.07) is 18.1. The third kappa shape index (κ3) is 4.39. The highest BCUT2D eigenvalue weighted by Gasteiger charge is 2.19. The quantitative estimate of drug-likeness (QED) is 0.366. The number of nitrogens with one attached hydrogen (secondary N) is 2. The van der Waals surface area contributed by atoms with Crippen molar-refractivity contribution in [1.29, 1.82) is 0 Å². The van der Waals surface area contributed by atoms with Gasteiger partial charge in [0.2, 0.25) is 5.91 Å². The second kappa shape index (κ2) is 9.15. The Kier molecular flexibility index (Phi) is 6.29. The lowest BCUT2D eigenvalue weighted by molar-refractivity contribution is -0.115. The van der Waals surface area contributed by atoms with Gasteiger partial charge in [-0.2, -0.15) is 0 Å². The number of hydrogen-bond donors (Lipinski definition) is 2. The van der Waals surface area contributed by atoms with Gasteiger partial charge in [0.05, 0.1) is 17.2 Å². The molecule has 172 valence electrons. The molecule has 0 bridgehead atoms. The van der Waals surface area contributed by atoms with Gasteiger partial charge >= 0.3 is 0 Å². The van der Waals surface area contributed by atoms with Crippen LogP contribution in [0, 0.1) is 0 Å². The maximum atomic E-state index is 13.2. The van der Waals surface area contributed by atoms with E-state index in [1.807, 2.05) is 37.3 Å². The molecular formula is C25H27N3O4S. The van der Waals surface area contributed by atoms with E-state index in [1.54, 1.807) is 19.1 Å². The molecule has 0 aliphatic carbocycles. The highest BCUT2D eigenvalue weighted by molar-refractivity contribution is 7.92. The van der Waals surface area contributed by atoms with Gasteiger partial charge in [-0.15, -0.1) is 0 Å². The molecule has 0 unspecified atom stereocenters. The zero-order chi connectivity index (χ0) is 23.6. The highest BCUT2D eigenvalue weighted by Crippen LogP contribution is 2.33. The van der Waals surface area contributed by atoms with E-state index in [2.05, 4.69) is 27.6 Å². The van der Waals surface area contributed by atoms with E-state index in [-0.39, 0.29) is 17.2 Å². The number of rotatable bonds is 8. The van der Waals surface area contributed by atoms with Crippen molar-refractivity contribution in [2.24, 2.45) is 0 Å². The molecule has 4 rings (SSSR count). The molecule has 0 fully saturated rings. The van der Waals surface area contributed by atoms with Crippen LogP contribution in [0.3, 0.4) is 0 Å². The number of carbonyl (C=O) groups excluding carboxylic acids is 1. The molecule has 1 heterocycles. The Hall–Kier alpha value is -3.52. The lowest BCUT2D eigenvalue weighted by atomic mass is 10.1. The fraction of sp³-hybridized carbons (Fsp3) is 0.240. The fourth-order valence-electron chi connectivity index (χ4n) is 3.97. The monoisotopic (exact) mass is 465 g/mol. The van der Waals surface area contributed by atoms with Crippen LogP contribution < -0.4 is 14.8 Å². The van der Waals surface area contributed by atoms with E-state index in [9.17, 15) is 13.2 Å². The summed E-state index contributed by atoms with van der Waals surface area (Å²) in [5.74, 6) is 0.197. The molecule has 0 aliphatic rings. The molecule has 0 spiro atoms. The van der Waals surface area contributed by atoms with Gasteiger partial charge in [0, 0.05) is 40.5 Å². The highest BCUT2D eigenvalue weighted by atomic mass is 32.2. The number of amides is 1. The zero-order valence-electron chi connectivity index (χ0n) is 18.9. The van der Waals surface area contributed by atoms with Gasteiger partial charge in [-0.3, -0.25) is 9.52 Å². The minimum absolute atomic E-state index is 0.0356. The first-order chi connectivity index (χ1) is 15.9. The van der Waals surface area contributed by atoms with E-state index in [0.717, 1.165) is 28.4 Å². The van der Waals surface area contributed by atoms with Crippen LogP contribution >= 0.6 is 0 Å². The first-order valence-corrected chi connectivity index (χ1v) is 12.5. The van der Waals surface area contributed by atoms with E-state index in [0.29, 0.717) is 23.7 Å². The SMILES string of the molecule is CCOc1ccc(S(=O)(=O)Nc2ccc3c(c2)c2ccccc2n3CC)cc1NC(=O)CC. The number of aromatic nitrogens is 1. The van der Waals surface area contributed by atoms with Crippen molar-refractivity contribution in [3.8, 4) is 5.75 Å². The van der Waals surface area contributed by atoms with E-state index < -0.39 is 10.0 Å². The van der Waals surface area contributed by atoms with E-state index >= 15 is 0 Å². The standard InChI is InChI=1S/C25H27N3O4S/c1-4-25(29)26-21-16-18(12-14-24(21)32-6-3)33(30,31)27-17-11-13-23-20(15-17)19-9-7-8-10-22(19)28(23)5-2/h7-16,27H,4-6H2,1-3H3,(H,26,29). The predicted molar refractivity (Wildman–Crippen MR) is 132 cm³/mol. The average Bonchev–Trinajstić information content (AvgIpc) is 3.13. The Morgan fingerprint density at radius 3 is 2.42 bits per heavy atom. The number of para-hydroxylation sites is 1. The van der Waals surface area contributed by atoms with Crippen LogP contribution in [0.15, 0.2) is 65.6 Å². The Bertz CT molecular complexity index is 1440. The van der Waals surface area contributed by atoms with Gasteiger partial charge in [0.15, 0.2) is 0 Å². The molecule has 33 heavy (non-hydrogen) atoms. The minimum atomic E-state index is -3.89. The maximum Gasteiger partial charge on any atom is 0.261 e. The summed E-state index contributed by atoms with van der Waals surface area (Å²) >= 11 is 0. The molecule has 1 aromatic heterocycles. The summed E-state index contributed by atoms with van der Waals surface area (Å²) in [5, 5.41) is 4.77. The molecule has 8 heteroatoms. The van der Waals surface area contributed by atoms with E-state index in [1.165, 1.54) is 12.1 Å². The summed E-state index contributed by atoms with van der Waals surface area (Å²) in [4.78, 5) is 11.9.